The summed E-state index contributed by atoms with van der Waals surface area (Å²) in [7, 11) is 1.62. The Bertz CT molecular complexity index is 612. The SMILES string of the molecule is Cc1ccc(C(=O)N2CCCC(C(=O)N(C)CCC(=O)O)C2)cc1. The maximum atomic E-state index is 12.6. The van der Waals surface area contributed by atoms with Crippen LogP contribution in [-0.2, 0) is 9.59 Å². The van der Waals surface area contributed by atoms with Gasteiger partial charge in [-0.3, -0.25) is 14.4 Å². The molecule has 1 atom stereocenters. The van der Waals surface area contributed by atoms with Crippen molar-refractivity contribution in [2.75, 3.05) is 26.7 Å². The smallest absolute Gasteiger partial charge is 0.305 e. The van der Waals surface area contributed by atoms with Gasteiger partial charge in [-0.2, -0.15) is 0 Å². The third kappa shape index (κ3) is 4.57. The largest absolute Gasteiger partial charge is 0.481 e. The number of nitrogens with zero attached hydrogens (tertiary/aromatic N) is 2. The van der Waals surface area contributed by atoms with E-state index in [0.717, 1.165) is 18.4 Å². The molecule has 1 aliphatic heterocycles. The van der Waals surface area contributed by atoms with E-state index in [9.17, 15) is 14.4 Å². The van der Waals surface area contributed by atoms with Gasteiger partial charge in [0.1, 0.15) is 0 Å². The molecule has 1 aromatic rings. The van der Waals surface area contributed by atoms with E-state index in [2.05, 4.69) is 0 Å². The zero-order valence-electron chi connectivity index (χ0n) is 14.2. The average molecular weight is 332 g/mol. The molecular formula is C18H24N2O4. The quantitative estimate of drug-likeness (QED) is 0.891. The monoisotopic (exact) mass is 332 g/mol. The number of carboxylic acid groups (broad SMARTS) is 1. The number of hydrogen-bond acceptors (Lipinski definition) is 3. The van der Waals surface area contributed by atoms with Crippen LogP contribution >= 0.6 is 0 Å². The molecule has 6 nitrogen and oxygen atoms in total. The summed E-state index contributed by atoms with van der Waals surface area (Å²) in [5.41, 5.74) is 1.73. The molecule has 1 heterocycles. The molecule has 2 rings (SSSR count). The Balaban J connectivity index is 1.97. The summed E-state index contributed by atoms with van der Waals surface area (Å²) in [5, 5.41) is 8.72. The first kappa shape index (κ1) is 18.0. The Morgan fingerprint density at radius 1 is 1.25 bits per heavy atom. The van der Waals surface area contributed by atoms with E-state index >= 15 is 0 Å². The molecule has 24 heavy (non-hydrogen) atoms. The molecular weight excluding hydrogens is 308 g/mol. The number of aryl methyl sites for hydroxylation is 1. The summed E-state index contributed by atoms with van der Waals surface area (Å²) in [6, 6.07) is 7.42. The number of carboxylic acids is 1. The van der Waals surface area contributed by atoms with E-state index in [1.54, 1.807) is 11.9 Å². The molecule has 1 fully saturated rings. The highest BCUT2D eigenvalue weighted by molar-refractivity contribution is 5.94. The lowest BCUT2D eigenvalue weighted by Crippen LogP contribution is -2.46. The third-order valence-electron chi connectivity index (χ3n) is 4.39. The Kier molecular flexibility index (Phi) is 5.95. The van der Waals surface area contributed by atoms with Crippen LogP contribution in [0, 0.1) is 12.8 Å². The fraction of sp³-hybridized carbons (Fsp3) is 0.500. The molecule has 1 aromatic carbocycles. The van der Waals surface area contributed by atoms with Gasteiger partial charge in [-0.25, -0.2) is 0 Å². The van der Waals surface area contributed by atoms with Crippen molar-refractivity contribution in [3.63, 3.8) is 0 Å². The number of hydrogen-bond donors (Lipinski definition) is 1. The van der Waals surface area contributed by atoms with Gasteiger partial charge in [0.2, 0.25) is 5.91 Å². The molecule has 0 radical (unpaired) electrons. The summed E-state index contributed by atoms with van der Waals surface area (Å²) in [6.07, 6.45) is 1.44. The molecule has 0 aromatic heterocycles. The van der Waals surface area contributed by atoms with Gasteiger partial charge in [0.05, 0.1) is 12.3 Å². The van der Waals surface area contributed by atoms with Gasteiger partial charge in [-0.15, -0.1) is 0 Å². The van der Waals surface area contributed by atoms with E-state index < -0.39 is 5.97 Å². The second kappa shape index (κ2) is 7.95. The summed E-state index contributed by atoms with van der Waals surface area (Å²) < 4.78 is 0. The van der Waals surface area contributed by atoms with Crippen LogP contribution in [0.3, 0.4) is 0 Å². The van der Waals surface area contributed by atoms with Gasteiger partial charge in [0.15, 0.2) is 0 Å². The van der Waals surface area contributed by atoms with Crippen LogP contribution in [0.5, 0.6) is 0 Å². The average Bonchev–Trinajstić information content (AvgIpc) is 2.59. The van der Waals surface area contributed by atoms with Crippen LogP contribution in [0.4, 0.5) is 0 Å². The minimum Gasteiger partial charge on any atom is -0.481 e. The van der Waals surface area contributed by atoms with E-state index in [-0.39, 0.29) is 30.7 Å². The molecule has 1 saturated heterocycles. The van der Waals surface area contributed by atoms with E-state index in [0.29, 0.717) is 18.7 Å². The predicted molar refractivity (Wildman–Crippen MR) is 89.7 cm³/mol. The lowest BCUT2D eigenvalue weighted by molar-refractivity contribution is -0.139. The lowest BCUT2D eigenvalue weighted by atomic mass is 9.96. The molecule has 2 amide bonds. The second-order valence-corrected chi connectivity index (χ2v) is 6.36. The lowest BCUT2D eigenvalue weighted by Gasteiger charge is -2.34. The maximum absolute atomic E-state index is 12.6. The van der Waals surface area contributed by atoms with E-state index in [1.807, 2.05) is 31.2 Å². The fourth-order valence-corrected chi connectivity index (χ4v) is 2.93. The molecule has 0 saturated carbocycles. The topological polar surface area (TPSA) is 77.9 Å². The van der Waals surface area contributed by atoms with Crippen molar-refractivity contribution in [3.8, 4) is 0 Å². The van der Waals surface area contributed by atoms with Crippen molar-refractivity contribution in [1.82, 2.24) is 9.80 Å². The van der Waals surface area contributed by atoms with Crippen LogP contribution in [0.2, 0.25) is 0 Å². The van der Waals surface area contributed by atoms with E-state index in [4.69, 9.17) is 5.11 Å². The number of carbonyl (C=O) groups excluding carboxylic acids is 2. The standard InChI is InChI=1S/C18H24N2O4/c1-13-5-7-14(8-6-13)18(24)20-10-3-4-15(12-20)17(23)19(2)11-9-16(21)22/h5-8,15H,3-4,9-12H2,1-2H3,(H,21,22). The summed E-state index contributed by atoms with van der Waals surface area (Å²) in [4.78, 5) is 38.9. The van der Waals surface area contributed by atoms with Crippen LogP contribution in [0.15, 0.2) is 24.3 Å². The minimum absolute atomic E-state index is 0.0549. The Labute approximate surface area is 142 Å². The van der Waals surface area contributed by atoms with Gasteiger partial charge < -0.3 is 14.9 Å². The van der Waals surface area contributed by atoms with Crippen molar-refractivity contribution in [2.45, 2.75) is 26.2 Å². The number of carbonyl (C=O) groups is 3. The first-order valence-corrected chi connectivity index (χ1v) is 8.21. The Morgan fingerprint density at radius 3 is 2.54 bits per heavy atom. The summed E-state index contributed by atoms with van der Waals surface area (Å²) in [5.74, 6) is -1.32. The zero-order chi connectivity index (χ0) is 17.7. The van der Waals surface area contributed by atoms with Crippen molar-refractivity contribution < 1.29 is 19.5 Å². The number of aliphatic carboxylic acids is 1. The van der Waals surface area contributed by atoms with Crippen LogP contribution < -0.4 is 0 Å². The summed E-state index contributed by atoms with van der Waals surface area (Å²) >= 11 is 0. The third-order valence-corrected chi connectivity index (χ3v) is 4.39. The highest BCUT2D eigenvalue weighted by Crippen LogP contribution is 2.20. The first-order chi connectivity index (χ1) is 11.4. The number of rotatable bonds is 5. The Hall–Kier alpha value is -2.37. The van der Waals surface area contributed by atoms with Crippen molar-refractivity contribution in [3.05, 3.63) is 35.4 Å². The fourth-order valence-electron chi connectivity index (χ4n) is 2.93. The molecule has 0 bridgehead atoms. The maximum Gasteiger partial charge on any atom is 0.305 e. The normalized spacial score (nSPS) is 17.4. The van der Waals surface area contributed by atoms with Crippen molar-refractivity contribution in [1.29, 1.82) is 0 Å². The number of amides is 2. The highest BCUT2D eigenvalue weighted by atomic mass is 16.4. The van der Waals surface area contributed by atoms with Gasteiger partial charge in [-0.05, 0) is 31.9 Å². The molecule has 130 valence electrons. The Morgan fingerprint density at radius 2 is 1.92 bits per heavy atom. The van der Waals surface area contributed by atoms with E-state index in [1.165, 1.54) is 4.90 Å². The zero-order valence-corrected chi connectivity index (χ0v) is 14.2. The predicted octanol–water partition coefficient (Wildman–Crippen LogP) is 1.78. The highest BCUT2D eigenvalue weighted by Gasteiger charge is 2.30. The van der Waals surface area contributed by atoms with Crippen molar-refractivity contribution in [2.24, 2.45) is 5.92 Å². The van der Waals surface area contributed by atoms with Crippen LogP contribution in [-0.4, -0.2) is 59.4 Å². The molecule has 1 N–H and O–H groups in total. The molecule has 0 aliphatic carbocycles. The van der Waals surface area contributed by atoms with Crippen LogP contribution in [0.25, 0.3) is 0 Å². The number of likely N-dealkylation sites (tertiary alicyclic amines) is 1. The number of benzene rings is 1. The second-order valence-electron chi connectivity index (χ2n) is 6.36. The number of piperidine rings is 1. The van der Waals surface area contributed by atoms with Crippen molar-refractivity contribution >= 4 is 17.8 Å². The molecule has 0 spiro atoms. The van der Waals surface area contributed by atoms with Gasteiger partial charge >= 0.3 is 5.97 Å². The molecule has 1 unspecified atom stereocenters. The minimum atomic E-state index is -0.922. The van der Waals surface area contributed by atoms with Gasteiger partial charge in [0, 0.05) is 32.2 Å². The summed E-state index contributed by atoms with van der Waals surface area (Å²) in [6.45, 7) is 3.20. The molecule has 1 aliphatic rings. The van der Waals surface area contributed by atoms with Gasteiger partial charge in [-0.1, -0.05) is 17.7 Å². The van der Waals surface area contributed by atoms with Crippen LogP contribution in [0.1, 0.15) is 35.2 Å². The first-order valence-electron chi connectivity index (χ1n) is 8.21. The molecule has 6 heteroatoms. The van der Waals surface area contributed by atoms with Gasteiger partial charge in [0.25, 0.3) is 5.91 Å².